The highest BCUT2D eigenvalue weighted by Crippen LogP contribution is 2.33. The van der Waals surface area contributed by atoms with Gasteiger partial charge in [-0.05, 0) is 25.5 Å². The fourth-order valence-electron chi connectivity index (χ4n) is 2.23. The first kappa shape index (κ1) is 14.4. The molecule has 0 aliphatic heterocycles. The van der Waals surface area contributed by atoms with E-state index >= 15 is 0 Å². The number of hydrogen-bond acceptors (Lipinski definition) is 5. The molecule has 0 spiro atoms. The van der Waals surface area contributed by atoms with E-state index in [1.807, 2.05) is 13.8 Å². The van der Waals surface area contributed by atoms with Gasteiger partial charge in [0, 0.05) is 30.0 Å². The molecule has 2 rings (SSSR count). The molecule has 0 bridgehead atoms. The Hall–Kier alpha value is -2.01. The van der Waals surface area contributed by atoms with Crippen molar-refractivity contribution in [3.8, 4) is 11.5 Å². The lowest BCUT2D eigenvalue weighted by atomic mass is 10.0. The lowest BCUT2D eigenvalue weighted by Crippen LogP contribution is -2.12. The lowest BCUT2D eigenvalue weighted by Gasteiger charge is -2.12. The Morgan fingerprint density at radius 1 is 1.30 bits per heavy atom. The number of aryl methyl sites for hydroxylation is 1. The molecule has 0 amide bonds. The first-order chi connectivity index (χ1) is 9.62. The molecule has 1 N–H and O–H groups in total. The molecule has 0 saturated carbocycles. The second-order valence-electron chi connectivity index (χ2n) is 4.40. The van der Waals surface area contributed by atoms with Crippen LogP contribution in [0.5, 0.6) is 11.5 Å². The molecule has 0 aliphatic rings. The summed E-state index contributed by atoms with van der Waals surface area (Å²) < 4.78 is 16.1. The van der Waals surface area contributed by atoms with Crippen LogP contribution in [0.3, 0.4) is 0 Å². The third-order valence-corrected chi connectivity index (χ3v) is 3.23. The van der Waals surface area contributed by atoms with Gasteiger partial charge < -0.3 is 19.0 Å². The molecular formula is C15H18O5. The van der Waals surface area contributed by atoms with Gasteiger partial charge in [-0.25, -0.2) is 4.79 Å². The van der Waals surface area contributed by atoms with E-state index in [4.69, 9.17) is 19.0 Å². The van der Waals surface area contributed by atoms with Crippen molar-refractivity contribution in [1.29, 1.82) is 0 Å². The molecule has 0 fully saturated rings. The molecule has 0 atom stereocenters. The summed E-state index contributed by atoms with van der Waals surface area (Å²) in [5, 5.41) is 9.83. The summed E-state index contributed by atoms with van der Waals surface area (Å²) >= 11 is 0. The molecule has 5 nitrogen and oxygen atoms in total. The molecule has 1 heterocycles. The Labute approximate surface area is 116 Å². The number of aliphatic hydroxyl groups is 1. The number of ether oxygens (including phenoxy) is 2. The van der Waals surface area contributed by atoms with E-state index in [1.165, 1.54) is 7.11 Å². The summed E-state index contributed by atoms with van der Waals surface area (Å²) in [5.74, 6) is 1.13. The molecule has 0 unspecified atom stereocenters. The zero-order valence-electron chi connectivity index (χ0n) is 11.9. The average Bonchev–Trinajstić information content (AvgIpc) is 2.44. The minimum absolute atomic E-state index is 0.0917. The molecule has 108 valence electrons. The van der Waals surface area contributed by atoms with Gasteiger partial charge in [0.1, 0.15) is 5.58 Å². The maximum absolute atomic E-state index is 11.9. The van der Waals surface area contributed by atoms with E-state index in [-0.39, 0.29) is 13.0 Å². The Bertz CT molecular complexity index is 672. The van der Waals surface area contributed by atoms with Gasteiger partial charge in [0.25, 0.3) is 0 Å². The first-order valence-electron chi connectivity index (χ1n) is 6.50. The highest BCUT2D eigenvalue weighted by atomic mass is 16.5. The van der Waals surface area contributed by atoms with E-state index in [0.29, 0.717) is 29.3 Å². The van der Waals surface area contributed by atoms with Crippen LogP contribution in [-0.2, 0) is 6.42 Å². The molecule has 0 aliphatic carbocycles. The second kappa shape index (κ2) is 5.96. The third kappa shape index (κ3) is 2.49. The van der Waals surface area contributed by atoms with Crippen LogP contribution in [0, 0.1) is 6.92 Å². The van der Waals surface area contributed by atoms with Crippen molar-refractivity contribution >= 4 is 11.0 Å². The smallest absolute Gasteiger partial charge is 0.339 e. The Morgan fingerprint density at radius 2 is 2.05 bits per heavy atom. The minimum atomic E-state index is -0.421. The normalized spacial score (nSPS) is 10.8. The van der Waals surface area contributed by atoms with Crippen molar-refractivity contribution in [2.75, 3.05) is 20.3 Å². The van der Waals surface area contributed by atoms with Crippen molar-refractivity contribution in [2.45, 2.75) is 20.3 Å². The van der Waals surface area contributed by atoms with Crippen LogP contribution in [0.15, 0.2) is 21.3 Å². The number of rotatable bonds is 5. The van der Waals surface area contributed by atoms with Gasteiger partial charge in [-0.2, -0.15) is 0 Å². The standard InChI is InChI=1S/C15H18O5/c1-4-19-14-7-11-9(2)10(5-6-16)15(17)20-12(11)8-13(14)18-3/h7-8,16H,4-6H2,1-3H3. The number of benzene rings is 1. The zero-order valence-corrected chi connectivity index (χ0v) is 11.9. The van der Waals surface area contributed by atoms with Gasteiger partial charge in [0.15, 0.2) is 11.5 Å². The number of fused-ring (bicyclic) bond motifs is 1. The van der Waals surface area contributed by atoms with E-state index in [1.54, 1.807) is 12.1 Å². The third-order valence-electron chi connectivity index (χ3n) is 3.23. The molecule has 0 radical (unpaired) electrons. The quantitative estimate of drug-likeness (QED) is 0.848. The Morgan fingerprint density at radius 3 is 2.65 bits per heavy atom. The topological polar surface area (TPSA) is 68.9 Å². The molecular weight excluding hydrogens is 260 g/mol. The molecule has 2 aromatic rings. The van der Waals surface area contributed by atoms with Gasteiger partial charge in [0.05, 0.1) is 13.7 Å². The lowest BCUT2D eigenvalue weighted by molar-refractivity contribution is 0.297. The van der Waals surface area contributed by atoms with Gasteiger partial charge in [0.2, 0.25) is 0 Å². The van der Waals surface area contributed by atoms with Crippen LogP contribution < -0.4 is 15.1 Å². The number of methoxy groups -OCH3 is 1. The Kier molecular flexibility index (Phi) is 4.29. The summed E-state index contributed by atoms with van der Waals surface area (Å²) in [4.78, 5) is 11.9. The summed E-state index contributed by atoms with van der Waals surface area (Å²) in [7, 11) is 1.54. The highest BCUT2D eigenvalue weighted by molar-refractivity contribution is 5.84. The predicted molar refractivity (Wildman–Crippen MR) is 75.7 cm³/mol. The summed E-state index contributed by atoms with van der Waals surface area (Å²) in [5.41, 5.74) is 1.33. The molecule has 20 heavy (non-hydrogen) atoms. The minimum Gasteiger partial charge on any atom is -0.493 e. The molecule has 1 aromatic heterocycles. The van der Waals surface area contributed by atoms with Crippen molar-refractivity contribution in [2.24, 2.45) is 0 Å². The molecule has 5 heteroatoms. The van der Waals surface area contributed by atoms with Crippen molar-refractivity contribution in [3.63, 3.8) is 0 Å². The predicted octanol–water partition coefficient (Wildman–Crippen LogP) is 2.04. The van der Waals surface area contributed by atoms with E-state index < -0.39 is 5.63 Å². The summed E-state index contributed by atoms with van der Waals surface area (Å²) in [6.07, 6.45) is 0.278. The van der Waals surface area contributed by atoms with Gasteiger partial charge in [-0.15, -0.1) is 0 Å². The van der Waals surface area contributed by atoms with Gasteiger partial charge >= 0.3 is 5.63 Å². The Balaban J connectivity index is 2.72. The van der Waals surface area contributed by atoms with Crippen LogP contribution in [0.4, 0.5) is 0 Å². The van der Waals surface area contributed by atoms with Crippen molar-refractivity contribution < 1.29 is 19.0 Å². The van der Waals surface area contributed by atoms with E-state index in [2.05, 4.69) is 0 Å². The van der Waals surface area contributed by atoms with Crippen molar-refractivity contribution in [1.82, 2.24) is 0 Å². The van der Waals surface area contributed by atoms with Crippen LogP contribution in [0.1, 0.15) is 18.1 Å². The van der Waals surface area contributed by atoms with Crippen LogP contribution in [0.25, 0.3) is 11.0 Å². The summed E-state index contributed by atoms with van der Waals surface area (Å²) in [6.45, 7) is 4.15. The average molecular weight is 278 g/mol. The highest BCUT2D eigenvalue weighted by Gasteiger charge is 2.14. The SMILES string of the molecule is CCOc1cc2c(C)c(CCO)c(=O)oc2cc1OC. The number of aliphatic hydroxyl groups excluding tert-OH is 1. The van der Waals surface area contributed by atoms with Crippen LogP contribution in [0.2, 0.25) is 0 Å². The van der Waals surface area contributed by atoms with Gasteiger partial charge in [-0.3, -0.25) is 0 Å². The monoisotopic (exact) mass is 278 g/mol. The zero-order chi connectivity index (χ0) is 14.7. The summed E-state index contributed by atoms with van der Waals surface area (Å²) in [6, 6.07) is 3.45. The number of hydrogen-bond donors (Lipinski definition) is 1. The first-order valence-corrected chi connectivity index (χ1v) is 6.50. The van der Waals surface area contributed by atoms with Gasteiger partial charge in [-0.1, -0.05) is 0 Å². The fraction of sp³-hybridized carbons (Fsp3) is 0.400. The fourth-order valence-corrected chi connectivity index (χ4v) is 2.23. The second-order valence-corrected chi connectivity index (χ2v) is 4.40. The maximum atomic E-state index is 11.9. The van der Waals surface area contributed by atoms with E-state index in [0.717, 1.165) is 10.9 Å². The molecule has 0 saturated heterocycles. The molecule has 1 aromatic carbocycles. The van der Waals surface area contributed by atoms with Crippen LogP contribution >= 0.6 is 0 Å². The maximum Gasteiger partial charge on any atom is 0.339 e. The van der Waals surface area contributed by atoms with Crippen molar-refractivity contribution in [3.05, 3.63) is 33.7 Å². The van der Waals surface area contributed by atoms with Crippen LogP contribution in [-0.4, -0.2) is 25.4 Å². The van der Waals surface area contributed by atoms with E-state index in [9.17, 15) is 4.79 Å². The largest absolute Gasteiger partial charge is 0.493 e.